The molecule has 47 heavy (non-hydrogen) atoms. The SMILES string of the molecule is CCNC(=O)[C@H](NC(=O)C1(c2ccc3nc([C@@H](NC(=O)N(C)CC)[C@H](c4ccccc4Cl)C4(C)CC4)[nH]c3c2)CCOC1)C(C)(C)C. The molecule has 0 bridgehead atoms. The monoisotopic (exact) mass is 664 g/mol. The van der Waals surface area contributed by atoms with Crippen molar-refractivity contribution in [2.24, 2.45) is 10.8 Å². The van der Waals surface area contributed by atoms with Gasteiger partial charge in [0, 0.05) is 37.7 Å². The molecule has 0 spiro atoms. The van der Waals surface area contributed by atoms with E-state index < -0.39 is 22.9 Å². The molecular weight excluding hydrogens is 616 g/mol. The smallest absolute Gasteiger partial charge is 0.317 e. The fourth-order valence-electron chi connectivity index (χ4n) is 6.69. The Balaban J connectivity index is 1.55. The van der Waals surface area contributed by atoms with Crippen molar-refractivity contribution in [1.29, 1.82) is 0 Å². The molecule has 1 saturated heterocycles. The van der Waals surface area contributed by atoms with Crippen LogP contribution in [0.2, 0.25) is 5.02 Å². The number of urea groups is 1. The lowest BCUT2D eigenvalue weighted by Gasteiger charge is -2.34. The van der Waals surface area contributed by atoms with Gasteiger partial charge in [-0.25, -0.2) is 9.78 Å². The van der Waals surface area contributed by atoms with E-state index in [1.807, 2.05) is 77.1 Å². The summed E-state index contributed by atoms with van der Waals surface area (Å²) in [7, 11) is 1.77. The summed E-state index contributed by atoms with van der Waals surface area (Å²) in [6, 6.07) is 12.2. The lowest BCUT2D eigenvalue weighted by molar-refractivity contribution is -0.134. The molecule has 1 unspecified atom stereocenters. The molecule has 11 heteroatoms. The number of carbonyl (C=O) groups is 3. The fraction of sp³-hybridized carbons (Fsp3) is 0.556. The van der Waals surface area contributed by atoms with Crippen LogP contribution < -0.4 is 16.0 Å². The van der Waals surface area contributed by atoms with Crippen molar-refractivity contribution in [2.45, 2.75) is 84.2 Å². The van der Waals surface area contributed by atoms with Gasteiger partial charge in [-0.05, 0) is 73.3 Å². The summed E-state index contributed by atoms with van der Waals surface area (Å²) in [6.45, 7) is 13.5. The molecule has 10 nitrogen and oxygen atoms in total. The number of fused-ring (bicyclic) bond motifs is 1. The van der Waals surface area contributed by atoms with Crippen LogP contribution in [0.1, 0.15) is 89.7 Å². The summed E-state index contributed by atoms with van der Waals surface area (Å²) in [6.07, 6.45) is 2.49. The van der Waals surface area contributed by atoms with Crippen LogP contribution in [0.25, 0.3) is 11.0 Å². The first-order valence-electron chi connectivity index (χ1n) is 16.7. The van der Waals surface area contributed by atoms with Gasteiger partial charge < -0.3 is 30.6 Å². The second-order valence-corrected chi connectivity index (χ2v) is 14.9. The van der Waals surface area contributed by atoms with Crippen LogP contribution in [-0.4, -0.2) is 72.1 Å². The number of aromatic nitrogens is 2. The summed E-state index contributed by atoms with van der Waals surface area (Å²) < 4.78 is 5.83. The molecule has 2 aromatic carbocycles. The Labute approximate surface area is 282 Å². The van der Waals surface area contributed by atoms with E-state index in [4.69, 9.17) is 21.3 Å². The molecule has 1 aromatic heterocycles. The molecule has 0 radical (unpaired) electrons. The number of hydrogen-bond donors (Lipinski definition) is 4. The maximum Gasteiger partial charge on any atom is 0.317 e. The first kappa shape index (κ1) is 34.7. The van der Waals surface area contributed by atoms with Gasteiger partial charge in [0.05, 0.1) is 29.1 Å². The Morgan fingerprint density at radius 3 is 2.40 bits per heavy atom. The zero-order chi connectivity index (χ0) is 34.1. The molecule has 2 aliphatic rings. The second-order valence-electron chi connectivity index (χ2n) is 14.5. The van der Waals surface area contributed by atoms with Gasteiger partial charge in [0.25, 0.3) is 0 Å². The number of amides is 4. The highest BCUT2D eigenvalue weighted by Crippen LogP contribution is 2.60. The minimum atomic E-state index is -0.978. The van der Waals surface area contributed by atoms with Crippen LogP contribution in [0.4, 0.5) is 4.79 Å². The zero-order valence-electron chi connectivity index (χ0n) is 28.6. The molecule has 1 aliphatic carbocycles. The first-order valence-corrected chi connectivity index (χ1v) is 17.0. The van der Waals surface area contributed by atoms with E-state index in [1.165, 1.54) is 0 Å². The summed E-state index contributed by atoms with van der Waals surface area (Å²) >= 11 is 6.80. The van der Waals surface area contributed by atoms with Crippen molar-refractivity contribution in [3.63, 3.8) is 0 Å². The summed E-state index contributed by atoms with van der Waals surface area (Å²) in [5.41, 5.74) is 1.66. The highest BCUT2D eigenvalue weighted by atomic mass is 35.5. The van der Waals surface area contributed by atoms with Crippen LogP contribution >= 0.6 is 11.6 Å². The quantitative estimate of drug-likeness (QED) is 0.205. The molecule has 4 amide bonds. The van der Waals surface area contributed by atoms with E-state index in [1.54, 1.807) is 11.9 Å². The molecule has 254 valence electrons. The number of imidazole rings is 1. The van der Waals surface area contributed by atoms with E-state index >= 15 is 0 Å². The van der Waals surface area contributed by atoms with Gasteiger partial charge in [-0.2, -0.15) is 0 Å². The van der Waals surface area contributed by atoms with E-state index in [0.29, 0.717) is 37.0 Å². The van der Waals surface area contributed by atoms with Gasteiger partial charge >= 0.3 is 6.03 Å². The number of nitrogens with one attached hydrogen (secondary N) is 4. The van der Waals surface area contributed by atoms with Gasteiger partial charge in [-0.1, -0.05) is 63.6 Å². The lowest BCUT2D eigenvalue weighted by atomic mass is 9.77. The number of aromatic amines is 1. The van der Waals surface area contributed by atoms with Crippen molar-refractivity contribution in [3.8, 4) is 0 Å². The second kappa shape index (κ2) is 13.5. The summed E-state index contributed by atoms with van der Waals surface area (Å²) in [5.74, 6) is 0.0383. The van der Waals surface area contributed by atoms with Gasteiger partial charge in [0.15, 0.2) is 0 Å². The van der Waals surface area contributed by atoms with Crippen molar-refractivity contribution in [3.05, 3.63) is 64.4 Å². The number of carbonyl (C=O) groups excluding carboxylic acids is 3. The first-order chi connectivity index (χ1) is 22.2. The molecule has 2 fully saturated rings. The van der Waals surface area contributed by atoms with Gasteiger partial charge in [0.1, 0.15) is 11.9 Å². The fourth-order valence-corrected chi connectivity index (χ4v) is 6.94. The van der Waals surface area contributed by atoms with Crippen molar-refractivity contribution in [2.75, 3.05) is 33.4 Å². The third-order valence-electron chi connectivity index (χ3n) is 10.0. The number of ether oxygens (including phenoxy) is 1. The maximum atomic E-state index is 14.1. The van der Waals surface area contributed by atoms with Crippen molar-refractivity contribution >= 4 is 40.5 Å². The van der Waals surface area contributed by atoms with E-state index in [0.717, 1.165) is 35.0 Å². The maximum absolute atomic E-state index is 14.1. The standard InChI is InChI=1S/C36H49ClN6O4/c1-8-38-31(44)29(34(3,4)5)42-32(45)36(18-19-47-21-36)22-14-15-25-26(20-22)40-30(39-25)28(41-33(46)43(7)9-2)27(35(6)16-17-35)23-12-10-11-13-24(23)37/h10-15,20,27-29H,8-9,16-19,21H2,1-7H3,(H,38,44)(H,39,40)(H,41,46)(H,42,45)/t27-,28-,29-,36?/m0/s1. The predicted octanol–water partition coefficient (Wildman–Crippen LogP) is 5.83. The number of halogens is 1. The molecule has 4 atom stereocenters. The van der Waals surface area contributed by atoms with Crippen LogP contribution in [-0.2, 0) is 19.7 Å². The molecule has 3 aromatic rings. The molecule has 1 aliphatic heterocycles. The summed E-state index contributed by atoms with van der Waals surface area (Å²) in [4.78, 5) is 50.7. The lowest BCUT2D eigenvalue weighted by Crippen LogP contribution is -2.58. The zero-order valence-corrected chi connectivity index (χ0v) is 29.4. The molecule has 5 rings (SSSR count). The van der Waals surface area contributed by atoms with Crippen molar-refractivity contribution < 1.29 is 19.1 Å². The normalized spacial score (nSPS) is 20.7. The molecule has 4 N–H and O–H groups in total. The van der Waals surface area contributed by atoms with E-state index in [-0.39, 0.29) is 35.8 Å². The van der Waals surface area contributed by atoms with Crippen LogP contribution in [0.15, 0.2) is 42.5 Å². The van der Waals surface area contributed by atoms with Gasteiger partial charge in [-0.15, -0.1) is 0 Å². The molecular formula is C36H49ClN6O4. The van der Waals surface area contributed by atoms with E-state index in [2.05, 4.69) is 27.9 Å². The summed E-state index contributed by atoms with van der Waals surface area (Å²) in [5, 5.41) is 9.87. The Morgan fingerprint density at radius 1 is 1.09 bits per heavy atom. The number of nitrogens with zero attached hydrogens (tertiary/aromatic N) is 2. The Bertz CT molecular complexity index is 1620. The van der Waals surface area contributed by atoms with Crippen molar-refractivity contribution in [1.82, 2.24) is 30.8 Å². The highest BCUT2D eigenvalue weighted by molar-refractivity contribution is 6.31. The third kappa shape index (κ3) is 6.99. The minimum absolute atomic E-state index is 0.0745. The average molecular weight is 665 g/mol. The molecule has 2 heterocycles. The van der Waals surface area contributed by atoms with E-state index in [9.17, 15) is 14.4 Å². The topological polar surface area (TPSA) is 128 Å². The van der Waals surface area contributed by atoms with Crippen LogP contribution in [0.5, 0.6) is 0 Å². The van der Waals surface area contributed by atoms with Crippen LogP contribution in [0, 0.1) is 10.8 Å². The number of rotatable bonds is 11. The Morgan fingerprint density at radius 2 is 1.81 bits per heavy atom. The number of H-pyrrole nitrogens is 1. The number of likely N-dealkylation sites (N-methyl/N-ethyl adjacent to an activating group) is 1. The Kier molecular flexibility index (Phi) is 9.94. The number of benzene rings is 2. The largest absolute Gasteiger partial charge is 0.380 e. The predicted molar refractivity (Wildman–Crippen MR) is 184 cm³/mol. The third-order valence-corrected chi connectivity index (χ3v) is 10.4. The van der Waals surface area contributed by atoms with Crippen LogP contribution in [0.3, 0.4) is 0 Å². The minimum Gasteiger partial charge on any atom is -0.380 e. The number of hydrogen-bond acceptors (Lipinski definition) is 5. The van der Waals surface area contributed by atoms with Gasteiger partial charge in [-0.3, -0.25) is 9.59 Å². The molecule has 1 saturated carbocycles. The van der Waals surface area contributed by atoms with Gasteiger partial charge in [0.2, 0.25) is 11.8 Å². The average Bonchev–Trinajstić information content (AvgIpc) is 3.40. The highest BCUT2D eigenvalue weighted by Gasteiger charge is 2.51. The Hall–Kier alpha value is -3.63.